The molecule has 7 nitrogen and oxygen atoms in total. The summed E-state index contributed by atoms with van der Waals surface area (Å²) in [7, 11) is 4.56. The maximum atomic E-state index is 12.3. The van der Waals surface area contributed by atoms with E-state index in [-0.39, 0.29) is 18.3 Å². The van der Waals surface area contributed by atoms with Crippen molar-refractivity contribution in [1.82, 2.24) is 14.9 Å². The van der Waals surface area contributed by atoms with Gasteiger partial charge in [-0.1, -0.05) is 0 Å². The summed E-state index contributed by atoms with van der Waals surface area (Å²) in [5.41, 5.74) is 0.460. The van der Waals surface area contributed by atoms with Gasteiger partial charge in [0.25, 0.3) is 5.91 Å². The number of hydrogen-bond donors (Lipinski definition) is 1. The van der Waals surface area contributed by atoms with Gasteiger partial charge in [0.15, 0.2) is 11.5 Å². The molecule has 0 aliphatic carbocycles. The first-order valence-electron chi connectivity index (χ1n) is 7.23. The van der Waals surface area contributed by atoms with Crippen LogP contribution in [-0.4, -0.2) is 43.3 Å². The summed E-state index contributed by atoms with van der Waals surface area (Å²) < 4.78 is 17.7. The molecule has 0 atom stereocenters. The molecule has 2 aromatic rings. The standard InChI is InChI=1S/C16H21N3O4.ClH/c1-21-13-9-12(10-14(22-2)15(13)23-3)16(20)18-5-4-7-19-8-6-17-11-19;/h6,8-11H,4-5,7H2,1-3H3,(H,18,20);1H/p-1. The van der Waals surface area contributed by atoms with Gasteiger partial charge in [0.2, 0.25) is 5.75 Å². The van der Waals surface area contributed by atoms with Gasteiger partial charge in [-0.2, -0.15) is 0 Å². The van der Waals surface area contributed by atoms with Crippen LogP contribution < -0.4 is 31.9 Å². The van der Waals surface area contributed by atoms with E-state index in [0.29, 0.717) is 29.4 Å². The smallest absolute Gasteiger partial charge is 0.251 e. The van der Waals surface area contributed by atoms with E-state index in [1.807, 2.05) is 10.8 Å². The number of benzene rings is 1. The SMILES string of the molecule is COc1cc(C(=O)NCCCn2ccnc2)cc(OC)c1OC.[Cl-]. The second-order valence-corrected chi connectivity index (χ2v) is 4.82. The fourth-order valence-electron chi connectivity index (χ4n) is 2.20. The van der Waals surface area contributed by atoms with Gasteiger partial charge in [-0.15, -0.1) is 0 Å². The lowest BCUT2D eigenvalue weighted by Gasteiger charge is -2.14. The van der Waals surface area contributed by atoms with Gasteiger partial charge in [-0.3, -0.25) is 4.79 Å². The fourth-order valence-corrected chi connectivity index (χ4v) is 2.20. The van der Waals surface area contributed by atoms with Crippen LogP contribution in [0.3, 0.4) is 0 Å². The third kappa shape index (κ3) is 4.79. The molecule has 0 unspecified atom stereocenters. The number of amides is 1. The molecular formula is C16H21ClN3O4-. The van der Waals surface area contributed by atoms with Crippen LogP contribution in [0.15, 0.2) is 30.9 Å². The summed E-state index contributed by atoms with van der Waals surface area (Å²) in [6.45, 7) is 1.36. The lowest BCUT2D eigenvalue weighted by molar-refractivity contribution is -0.0000139. The highest BCUT2D eigenvalue weighted by molar-refractivity contribution is 5.95. The number of halogens is 1. The zero-order valence-corrected chi connectivity index (χ0v) is 14.7. The number of hydrogen-bond acceptors (Lipinski definition) is 5. The third-order valence-corrected chi connectivity index (χ3v) is 3.36. The van der Waals surface area contributed by atoms with Crippen molar-refractivity contribution in [3.63, 3.8) is 0 Å². The van der Waals surface area contributed by atoms with Crippen LogP contribution in [0.1, 0.15) is 16.8 Å². The number of imidazole rings is 1. The largest absolute Gasteiger partial charge is 1.00 e. The molecule has 0 radical (unpaired) electrons. The first kappa shape index (κ1) is 19.6. The second kappa shape index (κ2) is 9.67. The molecule has 0 saturated carbocycles. The van der Waals surface area contributed by atoms with E-state index in [4.69, 9.17) is 14.2 Å². The first-order chi connectivity index (χ1) is 11.2. The zero-order valence-electron chi connectivity index (χ0n) is 13.9. The van der Waals surface area contributed by atoms with E-state index in [2.05, 4.69) is 10.3 Å². The Morgan fingerprint density at radius 1 is 1.17 bits per heavy atom. The van der Waals surface area contributed by atoms with Crippen molar-refractivity contribution in [2.45, 2.75) is 13.0 Å². The molecule has 24 heavy (non-hydrogen) atoms. The van der Waals surface area contributed by atoms with Gasteiger partial charge < -0.3 is 36.5 Å². The maximum Gasteiger partial charge on any atom is 0.251 e. The van der Waals surface area contributed by atoms with Gasteiger partial charge in [-0.25, -0.2) is 4.98 Å². The Labute approximate surface area is 147 Å². The summed E-state index contributed by atoms with van der Waals surface area (Å²) in [5, 5.41) is 2.88. The molecule has 132 valence electrons. The number of methoxy groups -OCH3 is 3. The average Bonchev–Trinajstić information content (AvgIpc) is 3.10. The van der Waals surface area contributed by atoms with Crippen LogP contribution in [0.25, 0.3) is 0 Å². The summed E-state index contributed by atoms with van der Waals surface area (Å²) in [6, 6.07) is 3.26. The van der Waals surface area contributed by atoms with Crippen LogP contribution in [0.4, 0.5) is 0 Å². The van der Waals surface area contributed by atoms with Gasteiger partial charge >= 0.3 is 0 Å². The van der Waals surface area contributed by atoms with Crippen molar-refractivity contribution in [3.8, 4) is 17.2 Å². The molecule has 1 amide bonds. The van der Waals surface area contributed by atoms with Gasteiger partial charge in [0.05, 0.1) is 27.7 Å². The van der Waals surface area contributed by atoms with Crippen molar-refractivity contribution < 1.29 is 31.4 Å². The Hall–Kier alpha value is -2.41. The molecule has 8 heteroatoms. The maximum absolute atomic E-state index is 12.3. The molecule has 1 aromatic heterocycles. The minimum atomic E-state index is -0.185. The number of aryl methyl sites for hydroxylation is 1. The van der Waals surface area contributed by atoms with Crippen LogP contribution >= 0.6 is 0 Å². The topological polar surface area (TPSA) is 74.6 Å². The zero-order chi connectivity index (χ0) is 16.7. The average molecular weight is 355 g/mol. The molecule has 1 N–H and O–H groups in total. The van der Waals surface area contributed by atoms with Gasteiger partial charge in [0.1, 0.15) is 0 Å². The van der Waals surface area contributed by atoms with Crippen molar-refractivity contribution >= 4 is 5.91 Å². The van der Waals surface area contributed by atoms with Crippen molar-refractivity contribution in [2.75, 3.05) is 27.9 Å². The predicted molar refractivity (Wildman–Crippen MR) is 85.3 cm³/mol. The second-order valence-electron chi connectivity index (χ2n) is 4.82. The predicted octanol–water partition coefficient (Wildman–Crippen LogP) is -1.27. The summed E-state index contributed by atoms with van der Waals surface area (Å²) in [6.07, 6.45) is 6.18. The molecule has 1 aromatic carbocycles. The summed E-state index contributed by atoms with van der Waals surface area (Å²) in [5.74, 6) is 1.19. The van der Waals surface area contributed by atoms with Crippen molar-refractivity contribution in [1.29, 1.82) is 0 Å². The molecule has 0 aliphatic heterocycles. The van der Waals surface area contributed by atoms with E-state index in [0.717, 1.165) is 13.0 Å². The van der Waals surface area contributed by atoms with Gasteiger partial charge in [0, 0.05) is 31.0 Å². The Balaban J connectivity index is 0.00000288. The number of nitrogens with zero attached hydrogens (tertiary/aromatic N) is 2. The first-order valence-corrected chi connectivity index (χ1v) is 7.23. The third-order valence-electron chi connectivity index (χ3n) is 3.36. The van der Waals surface area contributed by atoms with E-state index in [1.54, 1.807) is 24.7 Å². The van der Waals surface area contributed by atoms with E-state index in [1.165, 1.54) is 21.3 Å². The Morgan fingerprint density at radius 3 is 2.33 bits per heavy atom. The van der Waals surface area contributed by atoms with Crippen molar-refractivity contribution in [2.24, 2.45) is 0 Å². The number of carbonyl (C=O) groups is 1. The monoisotopic (exact) mass is 354 g/mol. The number of ether oxygens (including phenoxy) is 3. The molecular weight excluding hydrogens is 334 g/mol. The van der Waals surface area contributed by atoms with Crippen LogP contribution in [-0.2, 0) is 6.54 Å². The highest BCUT2D eigenvalue weighted by Gasteiger charge is 2.16. The number of nitrogens with one attached hydrogen (secondary N) is 1. The number of aromatic nitrogens is 2. The van der Waals surface area contributed by atoms with E-state index >= 15 is 0 Å². The van der Waals surface area contributed by atoms with Crippen LogP contribution in [0, 0.1) is 0 Å². The molecule has 0 saturated heterocycles. The molecule has 0 bridgehead atoms. The van der Waals surface area contributed by atoms with Crippen LogP contribution in [0.2, 0.25) is 0 Å². The molecule has 2 rings (SSSR count). The van der Waals surface area contributed by atoms with Crippen LogP contribution in [0.5, 0.6) is 17.2 Å². The molecule has 0 aliphatic rings. The van der Waals surface area contributed by atoms with Crippen molar-refractivity contribution in [3.05, 3.63) is 36.4 Å². The molecule has 1 heterocycles. The minimum Gasteiger partial charge on any atom is -1.00 e. The lowest BCUT2D eigenvalue weighted by Crippen LogP contribution is -3.00. The highest BCUT2D eigenvalue weighted by atomic mass is 35.5. The van der Waals surface area contributed by atoms with E-state index < -0.39 is 0 Å². The Morgan fingerprint density at radius 2 is 1.83 bits per heavy atom. The van der Waals surface area contributed by atoms with Gasteiger partial charge in [-0.05, 0) is 18.6 Å². The summed E-state index contributed by atoms with van der Waals surface area (Å²) >= 11 is 0. The lowest BCUT2D eigenvalue weighted by atomic mass is 10.1. The summed E-state index contributed by atoms with van der Waals surface area (Å²) in [4.78, 5) is 16.2. The highest BCUT2D eigenvalue weighted by Crippen LogP contribution is 2.38. The number of carbonyl (C=O) groups excluding carboxylic acids is 1. The Kier molecular flexibility index (Phi) is 7.91. The normalized spacial score (nSPS) is 9.79. The molecule has 0 fully saturated rings. The van der Waals surface area contributed by atoms with E-state index in [9.17, 15) is 4.79 Å². The fraction of sp³-hybridized carbons (Fsp3) is 0.375. The number of rotatable bonds is 8. The minimum absolute atomic E-state index is 0. The Bertz CT molecular complexity index is 622. The molecule has 0 spiro atoms. The quantitative estimate of drug-likeness (QED) is 0.599.